The maximum Gasteiger partial charge on any atom is 0.243 e. The fourth-order valence-electron chi connectivity index (χ4n) is 3.53. The second kappa shape index (κ2) is 8.81. The summed E-state index contributed by atoms with van der Waals surface area (Å²) in [5.41, 5.74) is 0.379. The molecule has 12 heteroatoms. The van der Waals surface area contributed by atoms with Gasteiger partial charge in [0, 0.05) is 6.61 Å². The van der Waals surface area contributed by atoms with Crippen LogP contribution in [-0.4, -0.2) is 67.1 Å². The molecule has 2 N–H and O–H groups in total. The first-order valence-corrected chi connectivity index (χ1v) is 11.4. The molecule has 1 aromatic carbocycles. The van der Waals surface area contributed by atoms with Crippen LogP contribution >= 0.6 is 0 Å². The van der Waals surface area contributed by atoms with Crippen LogP contribution < -0.4 is 14.2 Å². The summed E-state index contributed by atoms with van der Waals surface area (Å²) in [7, 11) is -1.11. The van der Waals surface area contributed by atoms with Gasteiger partial charge in [0.2, 0.25) is 21.8 Å². The maximum atomic E-state index is 13.1. The smallest absolute Gasteiger partial charge is 0.243 e. The summed E-state index contributed by atoms with van der Waals surface area (Å²) in [5.74, 6) is 1.93. The van der Waals surface area contributed by atoms with Crippen molar-refractivity contribution in [1.82, 2.24) is 14.8 Å². The van der Waals surface area contributed by atoms with Crippen molar-refractivity contribution in [2.24, 2.45) is 0 Å². The van der Waals surface area contributed by atoms with E-state index < -0.39 is 21.4 Å². The normalized spacial score (nSPS) is 19.0. The molecule has 1 saturated heterocycles. The van der Waals surface area contributed by atoms with E-state index in [0.717, 1.165) is 0 Å². The van der Waals surface area contributed by atoms with Gasteiger partial charge in [-0.1, -0.05) is 6.07 Å². The predicted molar refractivity (Wildman–Crippen MR) is 115 cm³/mol. The van der Waals surface area contributed by atoms with Crippen LogP contribution in [-0.2, 0) is 14.8 Å². The van der Waals surface area contributed by atoms with Gasteiger partial charge in [0.1, 0.15) is 28.2 Å². The summed E-state index contributed by atoms with van der Waals surface area (Å²) < 4.78 is 52.1. The molecule has 0 bridgehead atoms. The van der Waals surface area contributed by atoms with E-state index >= 15 is 0 Å². The molecule has 3 aromatic rings. The quantitative estimate of drug-likeness (QED) is 0.535. The van der Waals surface area contributed by atoms with E-state index in [9.17, 15) is 13.5 Å². The summed E-state index contributed by atoms with van der Waals surface area (Å²) in [5, 5.41) is 17.3. The van der Waals surface area contributed by atoms with Gasteiger partial charge >= 0.3 is 0 Å². The van der Waals surface area contributed by atoms with E-state index in [1.807, 2.05) is 0 Å². The zero-order valence-electron chi connectivity index (χ0n) is 17.8. The summed E-state index contributed by atoms with van der Waals surface area (Å²) in [6.07, 6.45) is -0.846. The van der Waals surface area contributed by atoms with Crippen LogP contribution in [0.25, 0.3) is 17.3 Å². The summed E-state index contributed by atoms with van der Waals surface area (Å²) in [6.45, 7) is 1.94. The monoisotopic (exact) mass is 464 g/mol. The molecule has 0 spiro atoms. The number of anilines is 1. The Morgan fingerprint density at radius 1 is 1.16 bits per heavy atom. The number of furan rings is 1. The van der Waals surface area contributed by atoms with E-state index in [-0.39, 0.29) is 24.8 Å². The van der Waals surface area contributed by atoms with Crippen LogP contribution in [0.4, 0.5) is 5.95 Å². The summed E-state index contributed by atoms with van der Waals surface area (Å²) in [4.78, 5) is 0. The second-order valence-electron chi connectivity index (χ2n) is 7.22. The van der Waals surface area contributed by atoms with Crippen molar-refractivity contribution < 1.29 is 32.2 Å². The third-order valence-corrected chi connectivity index (χ3v) is 6.87. The number of hydrogen-bond donors (Lipinski definition) is 2. The number of methoxy groups -OCH3 is 2. The predicted octanol–water partition coefficient (Wildman–Crippen LogP) is 1.74. The highest BCUT2D eigenvalue weighted by molar-refractivity contribution is 7.93. The van der Waals surface area contributed by atoms with Crippen LogP contribution in [0, 0.1) is 6.92 Å². The van der Waals surface area contributed by atoms with E-state index in [4.69, 9.17) is 18.6 Å². The van der Waals surface area contributed by atoms with Gasteiger partial charge in [-0.3, -0.25) is 9.29 Å². The third kappa shape index (κ3) is 4.04. The van der Waals surface area contributed by atoms with Crippen molar-refractivity contribution in [2.45, 2.75) is 24.7 Å². The van der Waals surface area contributed by atoms with Crippen molar-refractivity contribution >= 4 is 16.0 Å². The third-order valence-electron chi connectivity index (χ3n) is 5.15. The average molecular weight is 465 g/mol. The molecule has 3 heterocycles. The minimum atomic E-state index is -4.08. The largest absolute Gasteiger partial charge is 0.494 e. The zero-order chi connectivity index (χ0) is 22.9. The molecule has 2 aromatic heterocycles. The number of para-hydroxylation sites is 1. The van der Waals surface area contributed by atoms with Gasteiger partial charge in [0.25, 0.3) is 0 Å². The lowest BCUT2D eigenvalue weighted by atomic mass is 10.1. The molecule has 0 saturated carbocycles. The Bertz CT molecular complexity index is 1180. The van der Waals surface area contributed by atoms with Crippen LogP contribution in [0.5, 0.6) is 11.5 Å². The van der Waals surface area contributed by atoms with E-state index in [1.165, 1.54) is 18.8 Å². The van der Waals surface area contributed by atoms with E-state index in [2.05, 4.69) is 14.9 Å². The highest BCUT2D eigenvalue weighted by Gasteiger charge is 2.37. The molecule has 172 valence electrons. The molecular formula is C20H24N4O7S. The van der Waals surface area contributed by atoms with Gasteiger partial charge in [-0.2, -0.15) is 0 Å². The second-order valence-corrected chi connectivity index (χ2v) is 9.12. The number of nitrogens with one attached hydrogen (secondary N) is 1. The number of aliphatic hydroxyl groups is 1. The Morgan fingerprint density at radius 2 is 1.88 bits per heavy atom. The minimum absolute atomic E-state index is 0.116. The number of ether oxygens (including phenoxy) is 3. The van der Waals surface area contributed by atoms with Gasteiger partial charge < -0.3 is 23.7 Å². The van der Waals surface area contributed by atoms with Crippen LogP contribution in [0.3, 0.4) is 0 Å². The molecule has 11 nitrogen and oxygen atoms in total. The van der Waals surface area contributed by atoms with Crippen molar-refractivity contribution in [2.75, 3.05) is 32.2 Å². The first kappa shape index (κ1) is 22.1. The zero-order valence-corrected chi connectivity index (χ0v) is 18.6. The lowest BCUT2D eigenvalue weighted by Crippen LogP contribution is -2.45. The number of aromatic nitrogens is 3. The number of hydrogen-bond acceptors (Lipinski definition) is 9. The number of nitrogens with zero attached hydrogens (tertiary/aromatic N) is 3. The molecule has 0 radical (unpaired) electrons. The molecular weight excluding hydrogens is 440 g/mol. The van der Waals surface area contributed by atoms with Crippen molar-refractivity contribution in [1.29, 1.82) is 0 Å². The van der Waals surface area contributed by atoms with Gasteiger partial charge in [-0.05, 0) is 37.6 Å². The fraction of sp³-hybridized carbons (Fsp3) is 0.400. The Labute approximate surface area is 185 Å². The number of aryl methyl sites for hydroxylation is 1. The summed E-state index contributed by atoms with van der Waals surface area (Å²) >= 11 is 0. The molecule has 4 rings (SSSR count). The Morgan fingerprint density at radius 3 is 2.47 bits per heavy atom. The number of rotatable bonds is 7. The maximum absolute atomic E-state index is 13.1. The molecule has 2 atom stereocenters. The number of sulfonamides is 1. The Balaban J connectivity index is 1.88. The number of aliphatic hydroxyl groups excluding tert-OH is 1. The van der Waals surface area contributed by atoms with Gasteiger partial charge in [-0.15, -0.1) is 10.2 Å². The lowest BCUT2D eigenvalue weighted by Gasteiger charge is -2.27. The van der Waals surface area contributed by atoms with E-state index in [1.54, 1.807) is 37.3 Å². The Hall–Kier alpha value is -3.09. The highest BCUT2D eigenvalue weighted by Crippen LogP contribution is 2.38. The molecule has 2 unspecified atom stereocenters. The average Bonchev–Trinajstić information content (AvgIpc) is 3.38. The van der Waals surface area contributed by atoms with Gasteiger partial charge in [0.15, 0.2) is 5.76 Å². The fourth-order valence-corrected chi connectivity index (χ4v) is 4.89. The molecule has 0 aliphatic carbocycles. The summed E-state index contributed by atoms with van der Waals surface area (Å²) in [6, 6.07) is 8.60. The molecule has 32 heavy (non-hydrogen) atoms. The Kier molecular flexibility index (Phi) is 6.09. The topological polar surface area (TPSA) is 138 Å². The SMILES string of the molecule is COc1cccc(OC)c1-n1c(NS(=O)(=O)C2COCCC2O)nnc1-c1ccc(C)o1. The molecule has 0 amide bonds. The highest BCUT2D eigenvalue weighted by atomic mass is 32.2. The van der Waals surface area contributed by atoms with Crippen molar-refractivity contribution in [3.8, 4) is 28.8 Å². The standard InChI is InChI=1S/C20H24N4O7S/c1-12-7-8-16(31-12)19-21-22-20(23-32(26,27)17-11-30-10-9-13(17)25)24(19)18-14(28-2)5-4-6-15(18)29-3/h4-8,13,17,25H,9-11H2,1-3H3,(H,22,23). The van der Waals surface area contributed by atoms with E-state index in [0.29, 0.717) is 35.3 Å². The van der Waals surface area contributed by atoms with Gasteiger partial charge in [-0.25, -0.2) is 8.42 Å². The van der Waals surface area contributed by atoms with Gasteiger partial charge in [0.05, 0.1) is 26.9 Å². The van der Waals surface area contributed by atoms with Crippen molar-refractivity contribution in [3.05, 3.63) is 36.1 Å². The van der Waals surface area contributed by atoms with Crippen LogP contribution in [0.1, 0.15) is 12.2 Å². The number of benzene rings is 1. The van der Waals surface area contributed by atoms with Crippen LogP contribution in [0.2, 0.25) is 0 Å². The molecule has 1 aliphatic rings. The molecule has 1 aliphatic heterocycles. The first-order chi connectivity index (χ1) is 15.4. The molecule has 1 fully saturated rings. The van der Waals surface area contributed by atoms with Crippen LogP contribution in [0.15, 0.2) is 34.7 Å². The first-order valence-electron chi connectivity index (χ1n) is 9.86. The van der Waals surface area contributed by atoms with Crippen molar-refractivity contribution in [3.63, 3.8) is 0 Å². The lowest BCUT2D eigenvalue weighted by molar-refractivity contribution is 0.0177. The minimum Gasteiger partial charge on any atom is -0.494 e.